The van der Waals surface area contributed by atoms with Crippen molar-refractivity contribution in [2.75, 3.05) is 34.2 Å². The molecule has 592 valence electrons. The molecule has 0 unspecified atom stereocenters. The van der Waals surface area contributed by atoms with E-state index >= 15 is 0 Å². The number of aliphatic hydroxyl groups is 2. The van der Waals surface area contributed by atoms with Crippen LogP contribution in [0.2, 0.25) is 5.15 Å². The molecule has 0 atom stereocenters. The number of methoxy groups -OCH3 is 4. The van der Waals surface area contributed by atoms with Gasteiger partial charge in [0.2, 0.25) is 23.5 Å². The molecule has 0 amide bonds. The van der Waals surface area contributed by atoms with Gasteiger partial charge < -0.3 is 40.6 Å². The fraction of sp³-hybridized carbons (Fsp3) is 0.429. The van der Waals surface area contributed by atoms with E-state index in [9.17, 15) is 10.2 Å². The Hall–Kier alpha value is -11.0. The lowest BCUT2D eigenvalue weighted by Crippen LogP contribution is -2.29. The summed E-state index contributed by atoms with van der Waals surface area (Å²) in [4.78, 5) is 73.4. The summed E-state index contributed by atoms with van der Waals surface area (Å²) in [5.74, 6) is 5.76. The van der Waals surface area contributed by atoms with Crippen molar-refractivity contribution in [2.24, 2.45) is 10.8 Å². The van der Waals surface area contributed by atoms with E-state index in [-0.39, 0.29) is 29.1 Å². The minimum atomic E-state index is -1.02. The second kappa shape index (κ2) is 35.6. The van der Waals surface area contributed by atoms with E-state index in [4.69, 9.17) is 57.5 Å². The summed E-state index contributed by atoms with van der Waals surface area (Å²) >= 11 is 5.88. The number of hydrogen-bond donors (Lipinski definition) is 4. The highest BCUT2D eigenvalue weighted by Crippen LogP contribution is 2.38. The molecule has 0 aliphatic rings. The number of azide groups is 1. The quantitative estimate of drug-likeness (QED) is 0.0320. The first-order valence-corrected chi connectivity index (χ1v) is 36.5. The molecule has 0 saturated heterocycles. The molecule has 12 aromatic rings. The van der Waals surface area contributed by atoms with Crippen molar-refractivity contribution >= 4 is 60.5 Å². The van der Waals surface area contributed by atoms with Gasteiger partial charge in [0, 0.05) is 154 Å². The van der Waals surface area contributed by atoms with Gasteiger partial charge in [-0.2, -0.15) is 0 Å². The summed E-state index contributed by atoms with van der Waals surface area (Å²) in [6, 6.07) is 15.2. The molecule has 0 aliphatic carbocycles. The van der Waals surface area contributed by atoms with E-state index in [2.05, 4.69) is 169 Å². The predicted octanol–water partition coefficient (Wildman–Crippen LogP) is 16.4. The zero-order valence-electron chi connectivity index (χ0n) is 68.2. The third kappa shape index (κ3) is 22.6. The largest absolute Gasteiger partial charge is 0.481 e. The number of hydrogen-bond acceptors (Lipinski definition) is 25. The molecular formula is C84H108ClN21O6. The fourth-order valence-corrected chi connectivity index (χ4v) is 11.6. The minimum Gasteiger partial charge on any atom is -0.481 e. The van der Waals surface area contributed by atoms with E-state index in [1.54, 1.807) is 136 Å². The number of nitrogens with zero attached hydrogens (tertiary/aromatic N) is 19. The van der Waals surface area contributed by atoms with Gasteiger partial charge in [-0.05, 0) is 128 Å². The lowest BCUT2D eigenvalue weighted by Gasteiger charge is -2.22. The second-order valence-corrected chi connectivity index (χ2v) is 33.4. The number of aromatic nitrogens is 16. The van der Waals surface area contributed by atoms with Crippen LogP contribution in [0.1, 0.15) is 226 Å². The third-order valence-electron chi connectivity index (χ3n) is 17.4. The number of ether oxygens (including phenoxy) is 4. The lowest BCUT2D eigenvalue weighted by atomic mass is 9.92. The maximum Gasteiger partial charge on any atom is 0.222 e. The number of fused-ring (bicyclic) bond motifs is 4. The predicted molar refractivity (Wildman–Crippen MR) is 442 cm³/mol. The maximum absolute atomic E-state index is 10.5. The Balaban J connectivity index is 0.000000200. The first kappa shape index (κ1) is 88.3. The van der Waals surface area contributed by atoms with Crippen molar-refractivity contribution in [1.82, 2.24) is 79.7 Å². The maximum atomic E-state index is 10.5. The van der Waals surface area contributed by atoms with Crippen molar-refractivity contribution in [2.45, 2.75) is 209 Å². The smallest absolute Gasteiger partial charge is 0.222 e. The average Bonchev–Trinajstić information content (AvgIpc) is 0.735. The number of nitrogens with two attached hydrogens (primary N) is 2. The molecule has 12 aromatic heterocycles. The zero-order valence-corrected chi connectivity index (χ0v) is 69.0. The van der Waals surface area contributed by atoms with E-state index in [0.717, 1.165) is 117 Å². The summed E-state index contributed by atoms with van der Waals surface area (Å²) in [5, 5.41) is 31.7. The molecule has 12 heterocycles. The summed E-state index contributed by atoms with van der Waals surface area (Å²) in [6.45, 7) is 39.6. The van der Waals surface area contributed by atoms with Crippen LogP contribution in [0.15, 0.2) is 128 Å². The normalized spacial score (nSPS) is 12.0. The van der Waals surface area contributed by atoms with Gasteiger partial charge in [-0.25, -0.2) is 64.8 Å². The van der Waals surface area contributed by atoms with Crippen LogP contribution in [-0.2, 0) is 63.2 Å². The molecule has 12 rings (SSSR count). The lowest BCUT2D eigenvalue weighted by molar-refractivity contribution is 0.0792. The molecule has 6 N–H and O–H groups in total. The van der Waals surface area contributed by atoms with Crippen molar-refractivity contribution in [1.29, 1.82) is 0 Å². The summed E-state index contributed by atoms with van der Waals surface area (Å²) in [6.07, 6.45) is 22.5. The molecule has 0 bridgehead atoms. The fourth-order valence-electron chi connectivity index (χ4n) is 11.5. The molecule has 0 fully saturated rings. The van der Waals surface area contributed by atoms with Gasteiger partial charge in [-0.15, -0.1) is 0 Å². The Morgan fingerprint density at radius 1 is 0.375 bits per heavy atom. The Labute approximate surface area is 661 Å². The molecule has 0 spiro atoms. The number of anilines is 1. The van der Waals surface area contributed by atoms with Crippen molar-refractivity contribution < 1.29 is 29.2 Å². The zero-order chi connectivity index (χ0) is 82.0. The molecule has 0 aliphatic heterocycles. The highest BCUT2D eigenvalue weighted by atomic mass is 35.5. The Morgan fingerprint density at radius 2 is 0.661 bits per heavy atom. The number of rotatable bonds is 15. The molecule has 27 nitrogen and oxygen atoms in total. The highest BCUT2D eigenvalue weighted by molar-refractivity contribution is 6.30. The first-order valence-electron chi connectivity index (χ1n) is 36.1. The van der Waals surface area contributed by atoms with Crippen LogP contribution >= 0.6 is 11.6 Å². The average molecular weight is 1540 g/mol. The van der Waals surface area contributed by atoms with Crippen LogP contribution in [0.5, 0.6) is 23.5 Å². The van der Waals surface area contributed by atoms with Crippen LogP contribution in [0, 0.1) is 0 Å². The van der Waals surface area contributed by atoms with E-state index in [0.29, 0.717) is 59.3 Å². The molecule has 0 radical (unpaired) electrons. The topological polar surface area (TPSA) is 384 Å². The standard InChI is InChI=1S/C21H25N7O.C21H27N5O.C21H26N4O2.C12H13ClN2O2.C8H13N3.CH4/c1-20(2,3)19-23-8-7-13(26-19)9-14-10-15-16(11-24-14)18(29-6)25-12-17(15)21(4,5)27-28-22;1-20(2,3)19-23-8-7-13(26-19)9-14-10-15-16(11-24-14)18(27-6)25-12-17(15)21(4,5)22;1-20(2,3)19-22-8-7-13(25-19)9-14-10-15-16(11-23-14)18(27-6)24-12-17(15)21(4,5)26;1-12(2,16)9-6-15-11(17-3)8-5-14-10(13)4-7(8)9;1-8(2,3)7-10-5-4-6(9)11-7;/h7-8,10-12H,9H2,1-6H3;7-8,10-12H,9,22H2,1-6H3;7-8,10-12,26H,9H2,1-6H3;4-6,16H,1-3H3;4-5H,1-3H3,(H2,9,10,11);1H4. The van der Waals surface area contributed by atoms with E-state index in [1.807, 2.05) is 64.2 Å². The monoisotopic (exact) mass is 1540 g/mol. The van der Waals surface area contributed by atoms with Gasteiger partial charge in [-0.3, -0.25) is 15.0 Å². The van der Waals surface area contributed by atoms with Crippen molar-refractivity contribution in [3.63, 3.8) is 0 Å². The van der Waals surface area contributed by atoms with Gasteiger partial charge in [0.25, 0.3) is 0 Å². The summed E-state index contributed by atoms with van der Waals surface area (Å²) < 4.78 is 21.3. The van der Waals surface area contributed by atoms with Crippen LogP contribution < -0.4 is 30.4 Å². The summed E-state index contributed by atoms with van der Waals surface area (Å²) in [5.41, 5.74) is 25.7. The van der Waals surface area contributed by atoms with Gasteiger partial charge in [0.05, 0.1) is 83.8 Å². The number of pyridine rings is 8. The Morgan fingerprint density at radius 3 is 0.955 bits per heavy atom. The number of nitrogen functional groups attached to an aromatic ring is 1. The van der Waals surface area contributed by atoms with Gasteiger partial charge in [-0.1, -0.05) is 121 Å². The van der Waals surface area contributed by atoms with Crippen molar-refractivity contribution in [3.8, 4) is 23.5 Å². The minimum absolute atomic E-state index is 0. The second-order valence-electron chi connectivity index (χ2n) is 33.0. The summed E-state index contributed by atoms with van der Waals surface area (Å²) in [7, 11) is 6.30. The van der Waals surface area contributed by atoms with Crippen molar-refractivity contribution in [3.05, 3.63) is 218 Å². The van der Waals surface area contributed by atoms with Gasteiger partial charge >= 0.3 is 0 Å². The van der Waals surface area contributed by atoms with Gasteiger partial charge in [0.15, 0.2) is 0 Å². The molecular weight excluding hydrogens is 1430 g/mol. The first-order chi connectivity index (χ1) is 51.8. The Kier molecular flexibility index (Phi) is 28.0. The third-order valence-corrected chi connectivity index (χ3v) is 17.6. The molecule has 28 heteroatoms. The van der Waals surface area contributed by atoms with Crippen LogP contribution in [0.4, 0.5) is 5.82 Å². The SMILES string of the molecule is C.CC(C)(C)c1nccc(N)n1.COc1ncc(C(C)(C)N)c2cc(Cc3ccnc(C(C)(C)C)n3)ncc12.COc1ncc(C(C)(C)N=[N+]=[N-])c2cc(Cc3ccnc(C(C)(C)C)n3)ncc12.COc1ncc(C(C)(C)O)c2cc(Cc3ccnc(C(C)(C)C)n3)ncc12.COc1ncc(C(C)(C)O)c2cc(Cl)ncc12. The molecule has 0 saturated carbocycles. The molecule has 0 aromatic carbocycles. The molecule has 112 heavy (non-hydrogen) atoms. The van der Waals surface area contributed by atoms with E-state index < -0.39 is 22.3 Å². The van der Waals surface area contributed by atoms with E-state index in [1.165, 1.54) is 0 Å². The Bertz CT molecular complexity index is 5160. The van der Waals surface area contributed by atoms with Crippen LogP contribution in [-0.4, -0.2) is 118 Å². The van der Waals surface area contributed by atoms with Crippen LogP contribution in [0.3, 0.4) is 0 Å². The number of halogens is 1. The van der Waals surface area contributed by atoms with Crippen LogP contribution in [0.25, 0.3) is 53.5 Å². The highest BCUT2D eigenvalue weighted by Gasteiger charge is 2.28. The van der Waals surface area contributed by atoms with Gasteiger partial charge in [0.1, 0.15) is 34.3 Å².